The van der Waals surface area contributed by atoms with Gasteiger partial charge in [0.25, 0.3) is 0 Å². The van der Waals surface area contributed by atoms with E-state index in [0.29, 0.717) is 19.0 Å². The smallest absolute Gasteiger partial charge is 0.246 e. The second-order valence-electron chi connectivity index (χ2n) is 4.20. The van der Waals surface area contributed by atoms with Gasteiger partial charge in [0.05, 0.1) is 18.8 Å². The van der Waals surface area contributed by atoms with Gasteiger partial charge >= 0.3 is 0 Å². The molecule has 0 fully saturated rings. The Kier molecular flexibility index (Phi) is 2.88. The average molecular weight is 245 g/mol. The molecule has 0 saturated heterocycles. The highest BCUT2D eigenvalue weighted by Crippen LogP contribution is 2.31. The number of anilines is 1. The van der Waals surface area contributed by atoms with Gasteiger partial charge in [-0.05, 0) is 12.1 Å². The van der Waals surface area contributed by atoms with Crippen molar-refractivity contribution in [3.63, 3.8) is 0 Å². The summed E-state index contributed by atoms with van der Waals surface area (Å²) in [6.07, 6.45) is 0.795. The first-order chi connectivity index (χ1) is 8.86. The van der Waals surface area contributed by atoms with E-state index < -0.39 is 0 Å². The van der Waals surface area contributed by atoms with Gasteiger partial charge in [0.1, 0.15) is 12.4 Å². The first-order valence-corrected chi connectivity index (χ1v) is 6.15. The molecule has 3 rings (SSSR count). The van der Waals surface area contributed by atoms with Crippen molar-refractivity contribution in [3.05, 3.63) is 36.0 Å². The average Bonchev–Trinajstić information content (AvgIpc) is 2.87. The minimum Gasteiger partial charge on any atom is -0.490 e. The van der Waals surface area contributed by atoms with Crippen LogP contribution in [0.5, 0.6) is 5.75 Å². The summed E-state index contributed by atoms with van der Waals surface area (Å²) in [5, 5.41) is 3.91. The maximum atomic E-state index is 5.61. The number of aryl methyl sites for hydroxylation is 1. The van der Waals surface area contributed by atoms with E-state index in [-0.39, 0.29) is 0 Å². The number of benzene rings is 1. The van der Waals surface area contributed by atoms with Crippen LogP contribution in [-0.4, -0.2) is 23.3 Å². The van der Waals surface area contributed by atoms with Crippen molar-refractivity contribution in [3.8, 4) is 5.75 Å². The summed E-state index contributed by atoms with van der Waals surface area (Å²) >= 11 is 0. The van der Waals surface area contributed by atoms with Crippen molar-refractivity contribution in [2.45, 2.75) is 19.9 Å². The van der Waals surface area contributed by atoms with Crippen molar-refractivity contribution in [1.82, 2.24) is 10.1 Å². The molecule has 0 amide bonds. The molecule has 0 radical (unpaired) electrons. The van der Waals surface area contributed by atoms with Crippen LogP contribution in [0.3, 0.4) is 0 Å². The van der Waals surface area contributed by atoms with Crippen molar-refractivity contribution in [2.75, 3.05) is 18.1 Å². The van der Waals surface area contributed by atoms with Crippen molar-refractivity contribution in [1.29, 1.82) is 0 Å². The third kappa shape index (κ3) is 2.03. The number of aromatic nitrogens is 2. The Morgan fingerprint density at radius 1 is 1.33 bits per heavy atom. The van der Waals surface area contributed by atoms with Gasteiger partial charge in [0.15, 0.2) is 5.82 Å². The van der Waals surface area contributed by atoms with Gasteiger partial charge in [-0.2, -0.15) is 4.98 Å². The van der Waals surface area contributed by atoms with E-state index in [1.807, 2.05) is 31.2 Å². The Hall–Kier alpha value is -2.04. The van der Waals surface area contributed by atoms with Crippen molar-refractivity contribution >= 4 is 5.69 Å². The van der Waals surface area contributed by atoms with Crippen LogP contribution in [0.4, 0.5) is 5.69 Å². The molecule has 5 nitrogen and oxygen atoms in total. The molecule has 0 N–H and O–H groups in total. The molecule has 2 heterocycles. The Labute approximate surface area is 105 Å². The van der Waals surface area contributed by atoms with Crippen LogP contribution >= 0.6 is 0 Å². The fourth-order valence-corrected chi connectivity index (χ4v) is 2.05. The molecule has 1 aliphatic rings. The topological polar surface area (TPSA) is 51.4 Å². The molecule has 0 bridgehead atoms. The van der Waals surface area contributed by atoms with Crippen LogP contribution in [0.15, 0.2) is 28.8 Å². The first kappa shape index (κ1) is 11.1. The number of nitrogens with zero attached hydrogens (tertiary/aromatic N) is 3. The fourth-order valence-electron chi connectivity index (χ4n) is 2.05. The highest BCUT2D eigenvalue weighted by Gasteiger charge is 2.19. The summed E-state index contributed by atoms with van der Waals surface area (Å²) in [6.45, 7) is 4.17. The van der Waals surface area contributed by atoms with E-state index in [1.54, 1.807) is 0 Å². The molecular weight excluding hydrogens is 230 g/mol. The number of fused-ring (bicyclic) bond motifs is 1. The number of rotatable bonds is 3. The van der Waals surface area contributed by atoms with Gasteiger partial charge in [-0.15, -0.1) is 0 Å². The van der Waals surface area contributed by atoms with Gasteiger partial charge in [0.2, 0.25) is 5.89 Å². The zero-order valence-corrected chi connectivity index (χ0v) is 10.3. The highest BCUT2D eigenvalue weighted by molar-refractivity contribution is 5.59. The van der Waals surface area contributed by atoms with Crippen LogP contribution in [0, 0.1) is 0 Å². The number of ether oxygens (including phenoxy) is 1. The van der Waals surface area contributed by atoms with Crippen LogP contribution in [0.2, 0.25) is 0 Å². The zero-order valence-electron chi connectivity index (χ0n) is 10.3. The molecule has 0 atom stereocenters. The lowest BCUT2D eigenvalue weighted by atomic mass is 10.2. The molecule has 1 aromatic carbocycles. The second-order valence-corrected chi connectivity index (χ2v) is 4.20. The predicted molar refractivity (Wildman–Crippen MR) is 66.7 cm³/mol. The van der Waals surface area contributed by atoms with Crippen LogP contribution < -0.4 is 9.64 Å². The maximum absolute atomic E-state index is 5.61. The Bertz CT molecular complexity index is 539. The summed E-state index contributed by atoms with van der Waals surface area (Å²) in [7, 11) is 0. The highest BCUT2D eigenvalue weighted by atomic mass is 16.5. The van der Waals surface area contributed by atoms with E-state index in [1.165, 1.54) is 0 Å². The van der Waals surface area contributed by atoms with E-state index in [9.17, 15) is 0 Å². The largest absolute Gasteiger partial charge is 0.490 e. The van der Waals surface area contributed by atoms with Crippen molar-refractivity contribution in [2.24, 2.45) is 0 Å². The monoisotopic (exact) mass is 245 g/mol. The van der Waals surface area contributed by atoms with Gasteiger partial charge in [-0.3, -0.25) is 0 Å². The summed E-state index contributed by atoms with van der Waals surface area (Å²) in [5.41, 5.74) is 1.08. The standard InChI is InChI=1S/C13H15N3O2/c1-2-12-14-13(18-15-12)9-16-7-8-17-11-6-4-3-5-10(11)16/h3-6H,2,7-9H2,1H3. The maximum Gasteiger partial charge on any atom is 0.246 e. The van der Waals surface area contributed by atoms with Crippen LogP contribution in [-0.2, 0) is 13.0 Å². The van der Waals surface area contributed by atoms with Gasteiger partial charge < -0.3 is 14.2 Å². The predicted octanol–water partition coefficient (Wildman–Crippen LogP) is 2.03. The molecule has 0 saturated carbocycles. The quantitative estimate of drug-likeness (QED) is 0.828. The summed E-state index contributed by atoms with van der Waals surface area (Å²) in [5.74, 6) is 2.33. The van der Waals surface area contributed by atoms with Crippen molar-refractivity contribution < 1.29 is 9.26 Å². The zero-order chi connectivity index (χ0) is 12.4. The molecule has 2 aromatic rings. The third-order valence-corrected chi connectivity index (χ3v) is 2.98. The third-order valence-electron chi connectivity index (χ3n) is 2.98. The van der Waals surface area contributed by atoms with Gasteiger partial charge in [0, 0.05) is 6.42 Å². The SMILES string of the molecule is CCc1noc(CN2CCOc3ccccc32)n1. The molecule has 1 aromatic heterocycles. The van der Waals surface area contributed by atoms with Gasteiger partial charge in [-0.1, -0.05) is 24.2 Å². The molecule has 0 unspecified atom stereocenters. The summed E-state index contributed by atoms with van der Waals surface area (Å²) in [6, 6.07) is 8.01. The lowest BCUT2D eigenvalue weighted by Gasteiger charge is -2.29. The molecule has 18 heavy (non-hydrogen) atoms. The second kappa shape index (κ2) is 4.68. The fraction of sp³-hybridized carbons (Fsp3) is 0.385. The van der Waals surface area contributed by atoms with Crippen LogP contribution in [0.1, 0.15) is 18.6 Å². The normalized spacial score (nSPS) is 14.2. The molecular formula is C13H15N3O2. The van der Waals surface area contributed by atoms with Crippen LogP contribution in [0.25, 0.3) is 0 Å². The van der Waals surface area contributed by atoms with Gasteiger partial charge in [-0.25, -0.2) is 0 Å². The summed E-state index contributed by atoms with van der Waals surface area (Å²) in [4.78, 5) is 6.54. The Morgan fingerprint density at radius 3 is 3.06 bits per heavy atom. The molecule has 0 aliphatic carbocycles. The first-order valence-electron chi connectivity index (χ1n) is 6.15. The lowest BCUT2D eigenvalue weighted by molar-refractivity contribution is 0.300. The summed E-state index contributed by atoms with van der Waals surface area (Å²) < 4.78 is 10.8. The number of para-hydroxylation sites is 2. The molecule has 5 heteroatoms. The Balaban J connectivity index is 1.81. The molecule has 0 spiro atoms. The minimum absolute atomic E-state index is 0.632. The van der Waals surface area contributed by atoms with E-state index in [2.05, 4.69) is 15.0 Å². The van der Waals surface area contributed by atoms with E-state index in [0.717, 1.165) is 30.2 Å². The molecule has 94 valence electrons. The molecule has 1 aliphatic heterocycles. The van der Waals surface area contributed by atoms with E-state index >= 15 is 0 Å². The number of hydrogen-bond donors (Lipinski definition) is 0. The van der Waals surface area contributed by atoms with E-state index in [4.69, 9.17) is 9.26 Å². The lowest BCUT2D eigenvalue weighted by Crippen LogP contribution is -2.32. The Morgan fingerprint density at radius 2 is 2.22 bits per heavy atom. The minimum atomic E-state index is 0.632. The number of hydrogen-bond acceptors (Lipinski definition) is 5.